The molecule has 1 aromatic carbocycles. The molecular weight excluding hydrogens is 389 g/mol. The van der Waals surface area contributed by atoms with Crippen LogP contribution in [0.15, 0.2) is 55.1 Å². The Morgan fingerprint density at radius 1 is 0.833 bits per heavy atom. The van der Waals surface area contributed by atoms with Crippen molar-refractivity contribution in [2.75, 3.05) is 0 Å². The van der Waals surface area contributed by atoms with Crippen LogP contribution < -0.4 is 0 Å². The zero-order valence-electron chi connectivity index (χ0n) is 18.6. The molecule has 0 aliphatic rings. The molecule has 0 atom stereocenters. The largest absolute Gasteiger partial charge is 0.265 e. The van der Waals surface area contributed by atoms with Gasteiger partial charge >= 0.3 is 0 Å². The summed E-state index contributed by atoms with van der Waals surface area (Å²) in [6.45, 7) is 13.8. The van der Waals surface area contributed by atoms with Crippen LogP contribution in [0, 0.1) is 17.4 Å². The molecule has 0 unspecified atom stereocenters. The van der Waals surface area contributed by atoms with Gasteiger partial charge in [0, 0.05) is 29.6 Å². The maximum atomic E-state index is 13.5. The highest BCUT2D eigenvalue weighted by Crippen LogP contribution is 2.41. The summed E-state index contributed by atoms with van der Waals surface area (Å²) in [5.74, 6) is -0.259. The van der Waals surface area contributed by atoms with Crippen LogP contribution in [0.4, 0.5) is 4.39 Å². The number of imidazole rings is 1. The zero-order valence-corrected chi connectivity index (χ0v) is 19.6. The van der Waals surface area contributed by atoms with Crippen molar-refractivity contribution >= 4 is 8.07 Å². The predicted octanol–water partition coefficient (Wildman–Crippen LogP) is 6.78. The maximum absolute atomic E-state index is 13.5. The van der Waals surface area contributed by atoms with Crippen LogP contribution in [0.2, 0.25) is 16.6 Å². The summed E-state index contributed by atoms with van der Waals surface area (Å²) in [5.41, 5.74) is 8.98. The molecule has 0 saturated heterocycles. The highest BCUT2D eigenvalue weighted by atomic mass is 28.3. The van der Waals surface area contributed by atoms with E-state index < -0.39 is 8.07 Å². The minimum Gasteiger partial charge on any atom is -0.265 e. The molecule has 3 rings (SSSR count). The molecule has 0 aliphatic heterocycles. The summed E-state index contributed by atoms with van der Waals surface area (Å²) in [4.78, 5) is 8.81. The molecule has 0 saturated carbocycles. The van der Waals surface area contributed by atoms with Gasteiger partial charge in [-0.2, -0.15) is 0 Å². The second-order valence-corrected chi connectivity index (χ2v) is 14.3. The van der Waals surface area contributed by atoms with Crippen molar-refractivity contribution in [2.24, 2.45) is 0 Å². The van der Waals surface area contributed by atoms with Crippen molar-refractivity contribution in [3.63, 3.8) is 0 Å². The predicted molar refractivity (Wildman–Crippen MR) is 125 cm³/mol. The third-order valence-corrected chi connectivity index (χ3v) is 12.4. The fraction of sp³-hybridized carbons (Fsp3) is 0.360. The molecule has 5 heteroatoms. The van der Waals surface area contributed by atoms with Crippen molar-refractivity contribution in [3.05, 3.63) is 60.9 Å². The quantitative estimate of drug-likeness (QED) is 0.337. The monoisotopic (exact) mass is 419 g/mol. The minimum absolute atomic E-state index is 0.259. The van der Waals surface area contributed by atoms with E-state index in [2.05, 4.69) is 63.1 Å². The van der Waals surface area contributed by atoms with E-state index in [0.29, 0.717) is 16.6 Å². The van der Waals surface area contributed by atoms with E-state index in [1.54, 1.807) is 30.9 Å². The molecule has 0 spiro atoms. The standard InChI is InChI=1S/C25H30FN3Si/c1-18(2)30(19(3)4,20(5)6)16-15-29-17-28-24(21-7-9-23(26)10-8-21)25(29)22-11-13-27-14-12-22/h7-14,17-20H,1-6H3. The van der Waals surface area contributed by atoms with Gasteiger partial charge in [0.2, 0.25) is 0 Å². The Morgan fingerprint density at radius 3 is 1.93 bits per heavy atom. The van der Waals surface area contributed by atoms with E-state index in [0.717, 1.165) is 22.5 Å². The first-order valence-corrected chi connectivity index (χ1v) is 12.8. The molecule has 0 bridgehead atoms. The van der Waals surface area contributed by atoms with Crippen molar-refractivity contribution in [1.82, 2.24) is 14.5 Å². The topological polar surface area (TPSA) is 30.7 Å². The van der Waals surface area contributed by atoms with Crippen molar-refractivity contribution in [3.8, 4) is 34.1 Å². The van der Waals surface area contributed by atoms with Gasteiger partial charge in [0.05, 0.1) is 11.4 Å². The number of hydrogen-bond acceptors (Lipinski definition) is 2. The number of aromatic nitrogens is 3. The molecule has 0 fully saturated rings. The van der Waals surface area contributed by atoms with Crippen LogP contribution >= 0.6 is 0 Å². The van der Waals surface area contributed by atoms with Crippen LogP contribution in [0.1, 0.15) is 41.5 Å². The maximum Gasteiger partial charge on any atom is 0.148 e. The molecule has 0 N–H and O–H groups in total. The Labute approximate surface area is 180 Å². The third kappa shape index (κ3) is 4.10. The fourth-order valence-corrected chi connectivity index (χ4v) is 9.81. The van der Waals surface area contributed by atoms with Gasteiger partial charge in [-0.05, 0) is 53.0 Å². The summed E-state index contributed by atoms with van der Waals surface area (Å²) in [6, 6.07) is 13.8. The summed E-state index contributed by atoms with van der Waals surface area (Å²) in [5, 5.41) is 0. The molecule has 2 heterocycles. The van der Waals surface area contributed by atoms with Crippen LogP contribution in [-0.2, 0) is 0 Å². The van der Waals surface area contributed by atoms with E-state index in [9.17, 15) is 4.39 Å². The average Bonchev–Trinajstić information content (AvgIpc) is 3.13. The van der Waals surface area contributed by atoms with Crippen molar-refractivity contribution in [2.45, 2.75) is 58.2 Å². The lowest BCUT2D eigenvalue weighted by Gasteiger charge is -2.37. The van der Waals surface area contributed by atoms with Crippen molar-refractivity contribution in [1.29, 1.82) is 0 Å². The lowest BCUT2D eigenvalue weighted by Crippen LogP contribution is -2.43. The molecule has 3 nitrogen and oxygen atoms in total. The Bertz CT molecular complexity index is 1020. The van der Waals surface area contributed by atoms with Gasteiger partial charge in [-0.15, -0.1) is 5.54 Å². The summed E-state index contributed by atoms with van der Waals surface area (Å²) in [7, 11) is -1.88. The molecule has 0 aliphatic carbocycles. The van der Waals surface area contributed by atoms with E-state index in [-0.39, 0.29) is 5.82 Å². The third-order valence-electron chi connectivity index (χ3n) is 6.10. The highest BCUT2D eigenvalue weighted by molar-refractivity contribution is 6.90. The van der Waals surface area contributed by atoms with Gasteiger partial charge in [-0.3, -0.25) is 9.55 Å². The van der Waals surface area contributed by atoms with E-state index in [1.807, 2.05) is 16.7 Å². The normalized spacial score (nSPS) is 11.8. The SMILES string of the molecule is CC(C)[Si](C#Cn1cnc(-c2ccc(F)cc2)c1-c1ccncc1)(C(C)C)C(C)C. The van der Waals surface area contributed by atoms with E-state index in [1.165, 1.54) is 12.1 Å². The number of pyridine rings is 1. The van der Waals surface area contributed by atoms with Crippen molar-refractivity contribution < 1.29 is 4.39 Å². The second kappa shape index (κ2) is 8.97. The lowest BCUT2D eigenvalue weighted by atomic mass is 10.1. The smallest absolute Gasteiger partial charge is 0.148 e. The first-order valence-electron chi connectivity index (χ1n) is 10.5. The Morgan fingerprint density at radius 2 is 1.40 bits per heavy atom. The van der Waals surface area contributed by atoms with Gasteiger partial charge < -0.3 is 0 Å². The van der Waals surface area contributed by atoms with Crippen LogP contribution in [-0.4, -0.2) is 22.6 Å². The second-order valence-electron chi connectivity index (χ2n) is 8.69. The highest BCUT2D eigenvalue weighted by Gasteiger charge is 2.41. The minimum atomic E-state index is -1.88. The molecule has 0 radical (unpaired) electrons. The average molecular weight is 420 g/mol. The van der Waals surface area contributed by atoms with E-state index in [4.69, 9.17) is 0 Å². The Hall–Kier alpha value is -2.71. The molecule has 156 valence electrons. The molecule has 30 heavy (non-hydrogen) atoms. The van der Waals surface area contributed by atoms with Gasteiger partial charge in [-0.1, -0.05) is 41.5 Å². The van der Waals surface area contributed by atoms with Crippen LogP contribution in [0.3, 0.4) is 0 Å². The number of rotatable bonds is 5. The summed E-state index contributed by atoms with van der Waals surface area (Å²) < 4.78 is 15.4. The number of nitrogens with zero attached hydrogens (tertiary/aromatic N) is 3. The number of hydrogen-bond donors (Lipinski definition) is 0. The van der Waals surface area contributed by atoms with Gasteiger partial charge in [0.1, 0.15) is 20.2 Å². The van der Waals surface area contributed by atoms with Gasteiger partial charge in [-0.25, -0.2) is 9.37 Å². The fourth-order valence-electron chi connectivity index (χ4n) is 4.63. The van der Waals surface area contributed by atoms with Crippen LogP contribution in [0.25, 0.3) is 22.5 Å². The van der Waals surface area contributed by atoms with E-state index >= 15 is 0 Å². The number of benzene rings is 1. The van der Waals surface area contributed by atoms with Gasteiger partial charge in [0.25, 0.3) is 0 Å². The molecule has 3 aromatic rings. The van der Waals surface area contributed by atoms with Crippen LogP contribution in [0.5, 0.6) is 0 Å². The summed E-state index contributed by atoms with van der Waals surface area (Å²) >= 11 is 0. The molecule has 0 amide bonds. The molecule has 2 aromatic heterocycles. The zero-order chi connectivity index (χ0) is 21.9. The van der Waals surface area contributed by atoms with Gasteiger partial charge in [0.15, 0.2) is 0 Å². The Kier molecular flexibility index (Phi) is 6.57. The number of halogens is 1. The Balaban J connectivity index is 2.20. The first-order chi connectivity index (χ1) is 14.3. The first kappa shape index (κ1) is 22.0. The lowest BCUT2D eigenvalue weighted by molar-refractivity contribution is 0.628. The summed E-state index contributed by atoms with van der Waals surface area (Å²) in [6.07, 6.45) is 5.31. The molecular formula is C25H30FN3Si.